The van der Waals surface area contributed by atoms with Crippen LogP contribution in [0.2, 0.25) is 0 Å². The predicted octanol–water partition coefficient (Wildman–Crippen LogP) is 2.89. The first kappa shape index (κ1) is 15.4. The van der Waals surface area contributed by atoms with Crippen LogP contribution in [0.4, 0.5) is 15.8 Å². The topological polar surface area (TPSA) is 65.3 Å². The van der Waals surface area contributed by atoms with Crippen LogP contribution in [-0.4, -0.2) is 23.9 Å². The van der Waals surface area contributed by atoms with Crippen LogP contribution in [0.3, 0.4) is 0 Å². The van der Waals surface area contributed by atoms with Crippen LogP contribution in [0.25, 0.3) is 0 Å². The van der Waals surface area contributed by atoms with Gasteiger partial charge in [0, 0.05) is 0 Å². The third kappa shape index (κ3) is 2.39. The summed E-state index contributed by atoms with van der Waals surface area (Å²) in [6.07, 6.45) is 0.875. The Balaban J connectivity index is 1.66. The molecule has 126 valence electrons. The molecule has 6 nitrogen and oxygen atoms in total. The number of carbonyl (C=O) groups is 2. The molecular weight excluding hydrogens is 323 g/mol. The van der Waals surface area contributed by atoms with Crippen LogP contribution in [-0.2, 0) is 16.0 Å². The number of carbonyl (C=O) groups excluding carboxylic acids is 2. The Bertz CT molecular complexity index is 864. The molecule has 0 spiro atoms. The van der Waals surface area contributed by atoms with Gasteiger partial charge in [0.05, 0.1) is 11.4 Å². The third-order valence-electron chi connectivity index (χ3n) is 4.48. The Kier molecular flexibility index (Phi) is 3.56. The molecule has 0 aliphatic carbocycles. The fourth-order valence-corrected chi connectivity index (χ4v) is 3.10. The fourth-order valence-electron chi connectivity index (χ4n) is 3.10. The summed E-state index contributed by atoms with van der Waals surface area (Å²) in [4.78, 5) is 26.7. The van der Waals surface area contributed by atoms with E-state index in [1.165, 1.54) is 29.3 Å². The van der Waals surface area contributed by atoms with Crippen molar-refractivity contribution < 1.29 is 14.0 Å². The molecule has 1 fully saturated rings. The minimum atomic E-state index is -0.872. The lowest BCUT2D eigenvalue weighted by atomic mass is 10.1. The highest BCUT2D eigenvalue weighted by atomic mass is 19.1. The zero-order chi connectivity index (χ0) is 17.6. The Morgan fingerprint density at radius 3 is 2.24 bits per heavy atom. The minimum absolute atomic E-state index is 0.381. The van der Waals surface area contributed by atoms with Crippen LogP contribution in [0.1, 0.15) is 12.5 Å². The molecule has 2 aliphatic heterocycles. The van der Waals surface area contributed by atoms with E-state index >= 15 is 0 Å². The van der Waals surface area contributed by atoms with Gasteiger partial charge in [-0.05, 0) is 48.4 Å². The first-order chi connectivity index (χ1) is 12.1. The molecule has 0 saturated carbocycles. The van der Waals surface area contributed by atoms with Gasteiger partial charge in [0.2, 0.25) is 0 Å². The molecule has 4 rings (SSSR count). The van der Waals surface area contributed by atoms with Gasteiger partial charge in [-0.15, -0.1) is 0 Å². The van der Waals surface area contributed by atoms with E-state index in [2.05, 4.69) is 10.3 Å². The number of hydrogen-bond acceptors (Lipinski definition) is 5. The number of benzene rings is 2. The summed E-state index contributed by atoms with van der Waals surface area (Å²) in [7, 11) is 0. The first-order valence-electron chi connectivity index (χ1n) is 8.02. The second kappa shape index (κ2) is 5.77. The van der Waals surface area contributed by atoms with Crippen molar-refractivity contribution in [3.63, 3.8) is 0 Å². The Morgan fingerprint density at radius 1 is 0.960 bits per heavy atom. The molecule has 2 aromatic carbocycles. The van der Waals surface area contributed by atoms with Crippen LogP contribution < -0.4 is 9.91 Å². The zero-order valence-electron chi connectivity index (χ0n) is 13.5. The molecule has 1 saturated heterocycles. The van der Waals surface area contributed by atoms with Crippen LogP contribution in [0.15, 0.2) is 58.9 Å². The first-order valence-corrected chi connectivity index (χ1v) is 8.02. The van der Waals surface area contributed by atoms with Crippen LogP contribution in [0, 0.1) is 5.82 Å². The molecule has 0 bridgehead atoms. The van der Waals surface area contributed by atoms with Crippen molar-refractivity contribution in [3.8, 4) is 0 Å². The maximum absolute atomic E-state index is 13.1. The van der Waals surface area contributed by atoms with E-state index in [4.69, 9.17) is 0 Å². The fraction of sp³-hybridized carbons (Fsp3) is 0.222. The summed E-state index contributed by atoms with van der Waals surface area (Å²) in [5.41, 5.74) is 2.16. The quantitative estimate of drug-likeness (QED) is 0.808. The van der Waals surface area contributed by atoms with E-state index in [1.807, 2.05) is 19.1 Å². The third-order valence-corrected chi connectivity index (χ3v) is 4.48. The Hall–Kier alpha value is -3.09. The standard InChI is InChI=1S/C18H15FN4O2/c1-2-11-3-7-13(8-4-11)22-17(24)15-16(18(22)25)23(21-20-15)14-9-5-12(19)6-10-14/h3-10,15-16H,2H2,1H3/t15-,16-/m1/s1. The average molecular weight is 338 g/mol. The number of aryl methyl sites for hydroxylation is 1. The highest BCUT2D eigenvalue weighted by molar-refractivity contribution is 6.26. The lowest BCUT2D eigenvalue weighted by molar-refractivity contribution is -0.121. The molecule has 0 aromatic heterocycles. The largest absolute Gasteiger partial charge is 0.271 e. The number of halogens is 1. The number of rotatable bonds is 3. The monoisotopic (exact) mass is 338 g/mol. The molecule has 2 amide bonds. The summed E-state index contributed by atoms with van der Waals surface area (Å²) in [6.45, 7) is 2.03. The smallest absolute Gasteiger partial charge is 0.263 e. The second-order valence-corrected chi connectivity index (χ2v) is 5.95. The van der Waals surface area contributed by atoms with Crippen molar-refractivity contribution in [3.05, 3.63) is 59.9 Å². The number of hydrogen-bond donors (Lipinski definition) is 0. The van der Waals surface area contributed by atoms with E-state index in [9.17, 15) is 14.0 Å². The molecule has 0 N–H and O–H groups in total. The maximum atomic E-state index is 13.1. The van der Waals surface area contributed by atoms with Gasteiger partial charge in [-0.1, -0.05) is 24.3 Å². The minimum Gasteiger partial charge on any atom is -0.271 e. The molecule has 2 aliphatic rings. The van der Waals surface area contributed by atoms with Crippen molar-refractivity contribution in [2.24, 2.45) is 10.3 Å². The summed E-state index contributed by atoms with van der Waals surface area (Å²) >= 11 is 0. The van der Waals surface area contributed by atoms with Gasteiger partial charge in [0.1, 0.15) is 5.82 Å². The molecule has 2 heterocycles. The predicted molar refractivity (Wildman–Crippen MR) is 89.6 cm³/mol. The zero-order valence-corrected chi connectivity index (χ0v) is 13.5. The van der Waals surface area contributed by atoms with E-state index < -0.39 is 18.0 Å². The van der Waals surface area contributed by atoms with Crippen molar-refractivity contribution >= 4 is 23.2 Å². The second-order valence-electron chi connectivity index (χ2n) is 5.95. The number of amides is 2. The van der Waals surface area contributed by atoms with Gasteiger partial charge in [0.15, 0.2) is 12.1 Å². The van der Waals surface area contributed by atoms with Gasteiger partial charge in [-0.3, -0.25) is 9.59 Å². The van der Waals surface area contributed by atoms with Gasteiger partial charge in [0.25, 0.3) is 11.8 Å². The van der Waals surface area contributed by atoms with Gasteiger partial charge < -0.3 is 0 Å². The number of fused-ring (bicyclic) bond motifs is 1. The number of anilines is 2. The summed E-state index contributed by atoms with van der Waals surface area (Å²) in [6, 6.07) is 11.2. The van der Waals surface area contributed by atoms with Crippen molar-refractivity contribution in [2.45, 2.75) is 25.4 Å². The van der Waals surface area contributed by atoms with Crippen molar-refractivity contribution in [1.29, 1.82) is 0 Å². The molecule has 0 unspecified atom stereocenters. The van der Waals surface area contributed by atoms with E-state index in [1.54, 1.807) is 12.1 Å². The van der Waals surface area contributed by atoms with Crippen molar-refractivity contribution in [1.82, 2.24) is 0 Å². The van der Waals surface area contributed by atoms with Gasteiger partial charge in [-0.2, -0.15) is 5.11 Å². The molecule has 0 radical (unpaired) electrons. The number of imide groups is 1. The average Bonchev–Trinajstić information content (AvgIpc) is 3.17. The van der Waals surface area contributed by atoms with Crippen molar-refractivity contribution in [2.75, 3.05) is 9.91 Å². The normalized spacial score (nSPS) is 22.0. The van der Waals surface area contributed by atoms with E-state index in [0.29, 0.717) is 11.4 Å². The Morgan fingerprint density at radius 2 is 1.60 bits per heavy atom. The van der Waals surface area contributed by atoms with Gasteiger partial charge >= 0.3 is 0 Å². The molecule has 2 atom stereocenters. The highest BCUT2D eigenvalue weighted by Gasteiger charge is 2.55. The Labute approximate surface area is 143 Å². The number of nitrogens with zero attached hydrogens (tertiary/aromatic N) is 4. The van der Waals surface area contributed by atoms with Crippen LogP contribution >= 0.6 is 0 Å². The molecular formula is C18H15FN4O2. The summed E-state index contributed by atoms with van der Waals surface area (Å²) in [5.74, 6) is -1.16. The summed E-state index contributed by atoms with van der Waals surface area (Å²) < 4.78 is 13.1. The molecule has 7 heteroatoms. The van der Waals surface area contributed by atoms with E-state index in [-0.39, 0.29) is 11.7 Å². The molecule has 2 aromatic rings. The van der Waals surface area contributed by atoms with Gasteiger partial charge in [-0.25, -0.2) is 14.3 Å². The highest BCUT2D eigenvalue weighted by Crippen LogP contribution is 2.34. The SMILES string of the molecule is CCc1ccc(N2C(=O)[C@@H]3N=NN(c4ccc(F)cc4)[C@H]3C2=O)cc1. The lowest BCUT2D eigenvalue weighted by Gasteiger charge is -2.20. The van der Waals surface area contributed by atoms with E-state index in [0.717, 1.165) is 16.9 Å². The maximum Gasteiger partial charge on any atom is 0.263 e. The summed E-state index contributed by atoms with van der Waals surface area (Å²) in [5, 5.41) is 9.29. The molecule has 25 heavy (non-hydrogen) atoms. The van der Waals surface area contributed by atoms with Crippen LogP contribution in [0.5, 0.6) is 0 Å². The lowest BCUT2D eigenvalue weighted by Crippen LogP contribution is -2.39.